The molecule has 0 aliphatic heterocycles. The van der Waals surface area contributed by atoms with Crippen LogP contribution in [0.1, 0.15) is 5.69 Å². The standard InChI is InChI=1S/C12H9N3O/c16-14-6-8-5-10-9-3-1-2-4-11(9)15-12(10)7-13-8/h1-7,15-16H/b14-6+. The highest BCUT2D eigenvalue weighted by molar-refractivity contribution is 6.07. The second-order valence-corrected chi connectivity index (χ2v) is 3.57. The van der Waals surface area contributed by atoms with Gasteiger partial charge in [0.1, 0.15) is 0 Å². The topological polar surface area (TPSA) is 61.3 Å². The summed E-state index contributed by atoms with van der Waals surface area (Å²) in [5.41, 5.74) is 2.70. The minimum absolute atomic E-state index is 0.639. The van der Waals surface area contributed by atoms with E-state index in [2.05, 4.69) is 15.1 Å². The minimum atomic E-state index is 0.639. The molecule has 0 unspecified atom stereocenters. The number of aromatic nitrogens is 2. The van der Waals surface area contributed by atoms with E-state index >= 15 is 0 Å². The predicted molar refractivity (Wildman–Crippen MR) is 63.0 cm³/mol. The number of para-hydroxylation sites is 1. The Morgan fingerprint density at radius 2 is 2.06 bits per heavy atom. The summed E-state index contributed by atoms with van der Waals surface area (Å²) in [5.74, 6) is 0. The fourth-order valence-electron chi connectivity index (χ4n) is 1.90. The van der Waals surface area contributed by atoms with Crippen molar-refractivity contribution >= 4 is 28.0 Å². The number of nitrogens with zero attached hydrogens (tertiary/aromatic N) is 2. The van der Waals surface area contributed by atoms with Crippen LogP contribution in [0.5, 0.6) is 0 Å². The Hall–Kier alpha value is -2.36. The van der Waals surface area contributed by atoms with Gasteiger partial charge in [-0.05, 0) is 12.1 Å². The minimum Gasteiger partial charge on any atom is -0.411 e. The second-order valence-electron chi connectivity index (χ2n) is 3.57. The highest BCUT2D eigenvalue weighted by Crippen LogP contribution is 2.24. The monoisotopic (exact) mass is 211 g/mol. The van der Waals surface area contributed by atoms with E-state index in [1.807, 2.05) is 30.3 Å². The zero-order chi connectivity index (χ0) is 11.0. The number of benzene rings is 1. The molecule has 4 heteroatoms. The van der Waals surface area contributed by atoms with E-state index < -0.39 is 0 Å². The first-order valence-electron chi connectivity index (χ1n) is 4.92. The lowest BCUT2D eigenvalue weighted by molar-refractivity contribution is 0.321. The molecule has 0 saturated carbocycles. The fraction of sp³-hybridized carbons (Fsp3) is 0. The molecule has 3 aromatic rings. The van der Waals surface area contributed by atoms with Crippen molar-refractivity contribution in [1.29, 1.82) is 0 Å². The maximum atomic E-state index is 8.48. The fourth-order valence-corrected chi connectivity index (χ4v) is 1.90. The summed E-state index contributed by atoms with van der Waals surface area (Å²) in [4.78, 5) is 7.43. The van der Waals surface area contributed by atoms with Crippen LogP contribution in [0.3, 0.4) is 0 Å². The largest absolute Gasteiger partial charge is 0.411 e. The molecular formula is C12H9N3O. The number of nitrogens with one attached hydrogen (secondary N) is 1. The summed E-state index contributed by atoms with van der Waals surface area (Å²) in [6.45, 7) is 0. The van der Waals surface area contributed by atoms with E-state index in [0.29, 0.717) is 5.69 Å². The van der Waals surface area contributed by atoms with Gasteiger partial charge in [-0.3, -0.25) is 4.98 Å². The third-order valence-electron chi connectivity index (χ3n) is 2.60. The van der Waals surface area contributed by atoms with Crippen molar-refractivity contribution in [2.45, 2.75) is 0 Å². The number of fused-ring (bicyclic) bond motifs is 3. The third-order valence-corrected chi connectivity index (χ3v) is 2.60. The Morgan fingerprint density at radius 1 is 1.19 bits per heavy atom. The van der Waals surface area contributed by atoms with Gasteiger partial charge in [-0.1, -0.05) is 23.4 Å². The van der Waals surface area contributed by atoms with Crippen LogP contribution in [0.15, 0.2) is 41.7 Å². The van der Waals surface area contributed by atoms with Crippen molar-refractivity contribution in [3.63, 3.8) is 0 Å². The normalized spacial score (nSPS) is 11.8. The van der Waals surface area contributed by atoms with Gasteiger partial charge < -0.3 is 10.2 Å². The van der Waals surface area contributed by atoms with E-state index in [1.165, 1.54) is 6.21 Å². The van der Waals surface area contributed by atoms with E-state index in [-0.39, 0.29) is 0 Å². The molecule has 16 heavy (non-hydrogen) atoms. The van der Waals surface area contributed by atoms with Crippen molar-refractivity contribution < 1.29 is 5.21 Å². The molecule has 3 rings (SSSR count). The number of oxime groups is 1. The van der Waals surface area contributed by atoms with Crippen LogP contribution in [0, 0.1) is 0 Å². The van der Waals surface area contributed by atoms with Crippen LogP contribution in [0.2, 0.25) is 0 Å². The van der Waals surface area contributed by atoms with Gasteiger partial charge in [0.25, 0.3) is 0 Å². The maximum Gasteiger partial charge on any atom is 0.0918 e. The van der Waals surface area contributed by atoms with Crippen molar-refractivity contribution in [3.05, 3.63) is 42.2 Å². The van der Waals surface area contributed by atoms with Gasteiger partial charge in [0.05, 0.1) is 23.6 Å². The van der Waals surface area contributed by atoms with E-state index in [9.17, 15) is 0 Å². The SMILES string of the molecule is O/N=C/c1cc2c(cn1)[nH]c1ccccc12. The lowest BCUT2D eigenvalue weighted by atomic mass is 10.2. The average molecular weight is 211 g/mol. The summed E-state index contributed by atoms with van der Waals surface area (Å²) in [6.07, 6.45) is 3.06. The van der Waals surface area contributed by atoms with Crippen LogP contribution < -0.4 is 0 Å². The van der Waals surface area contributed by atoms with Gasteiger partial charge in [0.15, 0.2) is 0 Å². The van der Waals surface area contributed by atoms with Crippen LogP contribution in [0.25, 0.3) is 21.8 Å². The molecule has 0 atom stereocenters. The zero-order valence-corrected chi connectivity index (χ0v) is 8.38. The lowest BCUT2D eigenvalue weighted by Crippen LogP contribution is -1.85. The van der Waals surface area contributed by atoms with E-state index in [1.54, 1.807) is 6.20 Å². The first kappa shape index (κ1) is 8.91. The van der Waals surface area contributed by atoms with Crippen molar-refractivity contribution in [3.8, 4) is 0 Å². The molecular weight excluding hydrogens is 202 g/mol. The van der Waals surface area contributed by atoms with Crippen LogP contribution in [-0.2, 0) is 0 Å². The Balaban J connectivity index is 2.39. The zero-order valence-electron chi connectivity index (χ0n) is 8.38. The van der Waals surface area contributed by atoms with Crippen LogP contribution in [-0.4, -0.2) is 21.4 Å². The van der Waals surface area contributed by atoms with E-state index in [0.717, 1.165) is 21.8 Å². The van der Waals surface area contributed by atoms with Crippen LogP contribution in [0.4, 0.5) is 0 Å². The van der Waals surface area contributed by atoms with Crippen molar-refractivity contribution in [2.24, 2.45) is 5.16 Å². The Labute approximate surface area is 91.2 Å². The Kier molecular flexibility index (Phi) is 1.86. The smallest absolute Gasteiger partial charge is 0.0918 e. The molecule has 0 aliphatic carbocycles. The number of H-pyrrole nitrogens is 1. The Bertz CT molecular complexity index is 685. The maximum absolute atomic E-state index is 8.48. The van der Waals surface area contributed by atoms with Gasteiger partial charge in [-0.25, -0.2) is 0 Å². The second kappa shape index (κ2) is 3.34. The third kappa shape index (κ3) is 1.24. The summed E-state index contributed by atoms with van der Waals surface area (Å²) in [5, 5.41) is 13.7. The summed E-state index contributed by atoms with van der Waals surface area (Å²) in [7, 11) is 0. The molecule has 0 saturated heterocycles. The van der Waals surface area contributed by atoms with Gasteiger partial charge in [-0.2, -0.15) is 0 Å². The predicted octanol–water partition coefficient (Wildman–Crippen LogP) is 2.52. The van der Waals surface area contributed by atoms with Gasteiger partial charge in [0, 0.05) is 16.3 Å². The molecule has 2 N–H and O–H groups in total. The quantitative estimate of drug-likeness (QED) is 0.369. The summed E-state index contributed by atoms with van der Waals surface area (Å²) < 4.78 is 0. The molecule has 0 bridgehead atoms. The Morgan fingerprint density at radius 3 is 2.94 bits per heavy atom. The summed E-state index contributed by atoms with van der Waals surface area (Å²) >= 11 is 0. The molecule has 78 valence electrons. The molecule has 0 fully saturated rings. The van der Waals surface area contributed by atoms with Crippen LogP contribution >= 0.6 is 0 Å². The van der Waals surface area contributed by atoms with Gasteiger partial charge >= 0.3 is 0 Å². The van der Waals surface area contributed by atoms with Crippen molar-refractivity contribution in [1.82, 2.24) is 9.97 Å². The van der Waals surface area contributed by atoms with Gasteiger partial charge in [0.2, 0.25) is 0 Å². The molecule has 0 spiro atoms. The molecule has 0 aliphatic rings. The molecule has 0 amide bonds. The molecule has 2 heterocycles. The number of pyridine rings is 1. The summed E-state index contributed by atoms with van der Waals surface area (Å²) in [6, 6.07) is 9.95. The number of aromatic amines is 1. The number of hydrogen-bond donors (Lipinski definition) is 2. The average Bonchev–Trinajstić information content (AvgIpc) is 2.68. The highest BCUT2D eigenvalue weighted by atomic mass is 16.4. The molecule has 0 radical (unpaired) electrons. The first-order valence-corrected chi connectivity index (χ1v) is 4.92. The number of hydrogen-bond acceptors (Lipinski definition) is 3. The first-order chi connectivity index (χ1) is 7.88. The number of rotatable bonds is 1. The molecule has 1 aromatic carbocycles. The van der Waals surface area contributed by atoms with E-state index in [4.69, 9.17) is 5.21 Å². The highest BCUT2D eigenvalue weighted by Gasteiger charge is 2.04. The van der Waals surface area contributed by atoms with Crippen molar-refractivity contribution in [2.75, 3.05) is 0 Å². The van der Waals surface area contributed by atoms with Gasteiger partial charge in [-0.15, -0.1) is 0 Å². The lowest BCUT2D eigenvalue weighted by Gasteiger charge is -1.92. The molecule has 2 aromatic heterocycles. The molecule has 4 nitrogen and oxygen atoms in total.